The number of hydrogen-bond acceptors (Lipinski definition) is 3. The molecule has 1 amide bonds. The first-order valence-electron chi connectivity index (χ1n) is 10.8. The molecule has 0 bridgehead atoms. The van der Waals surface area contributed by atoms with Gasteiger partial charge < -0.3 is 5.32 Å². The summed E-state index contributed by atoms with van der Waals surface area (Å²) in [5, 5.41) is 3.45. The second kappa shape index (κ2) is 8.30. The topological polar surface area (TPSA) is 73.1 Å². The average molecular weight is 425 g/mol. The van der Waals surface area contributed by atoms with Crippen molar-refractivity contribution in [1.29, 1.82) is 0 Å². The molecule has 0 atom stereocenters. The van der Waals surface area contributed by atoms with E-state index in [9.17, 15) is 14.4 Å². The van der Waals surface area contributed by atoms with Crippen molar-refractivity contribution in [3.63, 3.8) is 0 Å². The van der Waals surface area contributed by atoms with E-state index in [0.717, 1.165) is 24.0 Å². The van der Waals surface area contributed by atoms with E-state index in [0.29, 0.717) is 29.2 Å². The van der Waals surface area contributed by atoms with Gasteiger partial charge in [-0.05, 0) is 48.2 Å². The summed E-state index contributed by atoms with van der Waals surface area (Å²) in [5.74, 6) is -0.00617. The van der Waals surface area contributed by atoms with Crippen molar-refractivity contribution in [3.8, 4) is 5.69 Å². The summed E-state index contributed by atoms with van der Waals surface area (Å²) in [6.07, 6.45) is 2.37. The van der Waals surface area contributed by atoms with Gasteiger partial charge in [0.25, 0.3) is 5.56 Å². The molecule has 1 aliphatic rings. The molecule has 6 heteroatoms. The van der Waals surface area contributed by atoms with E-state index in [4.69, 9.17) is 0 Å². The SMILES string of the molecule is O=C(Cc1ccc(-n2c(=O)c3ccccc3n(Cc3ccccc3)c2=O)cc1)NC1CC1. The van der Waals surface area contributed by atoms with Crippen LogP contribution in [0.5, 0.6) is 0 Å². The van der Waals surface area contributed by atoms with Crippen molar-refractivity contribution in [2.45, 2.75) is 31.8 Å². The number of fused-ring (bicyclic) bond motifs is 1. The quantitative estimate of drug-likeness (QED) is 0.516. The number of hydrogen-bond donors (Lipinski definition) is 1. The maximum atomic E-state index is 13.5. The second-order valence-corrected chi connectivity index (χ2v) is 8.20. The van der Waals surface area contributed by atoms with E-state index >= 15 is 0 Å². The summed E-state index contributed by atoms with van der Waals surface area (Å²) in [6.45, 7) is 0.361. The summed E-state index contributed by atoms with van der Waals surface area (Å²) in [6, 6.07) is 24.2. The van der Waals surface area contributed by atoms with Crippen molar-refractivity contribution >= 4 is 16.8 Å². The Morgan fingerprint density at radius 3 is 2.25 bits per heavy atom. The Kier molecular flexibility index (Phi) is 5.19. The van der Waals surface area contributed by atoms with Gasteiger partial charge in [-0.3, -0.25) is 14.2 Å². The molecule has 6 nitrogen and oxygen atoms in total. The van der Waals surface area contributed by atoms with Crippen molar-refractivity contribution < 1.29 is 4.79 Å². The van der Waals surface area contributed by atoms with E-state index in [1.165, 1.54) is 4.57 Å². The third-order valence-electron chi connectivity index (χ3n) is 5.74. The molecule has 160 valence electrons. The molecule has 1 aliphatic carbocycles. The van der Waals surface area contributed by atoms with Crippen LogP contribution in [0, 0.1) is 0 Å². The van der Waals surface area contributed by atoms with Crippen LogP contribution in [0.25, 0.3) is 16.6 Å². The Morgan fingerprint density at radius 2 is 1.53 bits per heavy atom. The zero-order valence-electron chi connectivity index (χ0n) is 17.5. The van der Waals surface area contributed by atoms with E-state index < -0.39 is 5.69 Å². The number of carbonyl (C=O) groups excluding carboxylic acids is 1. The fourth-order valence-electron chi connectivity index (χ4n) is 3.92. The molecule has 1 fully saturated rings. The highest BCUT2D eigenvalue weighted by Gasteiger charge is 2.23. The minimum atomic E-state index is -0.392. The minimum Gasteiger partial charge on any atom is -0.353 e. The predicted molar refractivity (Wildman–Crippen MR) is 124 cm³/mol. The molecule has 1 N–H and O–H groups in total. The van der Waals surface area contributed by atoms with Gasteiger partial charge in [0.1, 0.15) is 0 Å². The molecule has 3 aromatic carbocycles. The van der Waals surface area contributed by atoms with Gasteiger partial charge in [0, 0.05) is 6.04 Å². The summed E-state index contributed by atoms with van der Waals surface area (Å²) in [5.41, 5.74) is 2.16. The van der Waals surface area contributed by atoms with Crippen molar-refractivity contribution in [2.75, 3.05) is 0 Å². The molecular weight excluding hydrogens is 402 g/mol. The van der Waals surface area contributed by atoms with E-state index in [1.54, 1.807) is 47.0 Å². The molecule has 0 aliphatic heterocycles. The Bertz CT molecular complexity index is 1400. The first kappa shape index (κ1) is 20.0. The number of amides is 1. The molecule has 0 radical (unpaired) electrons. The fourth-order valence-corrected chi connectivity index (χ4v) is 3.92. The third-order valence-corrected chi connectivity index (χ3v) is 5.74. The number of rotatable bonds is 6. The number of para-hydroxylation sites is 1. The van der Waals surface area contributed by atoms with E-state index in [1.807, 2.05) is 36.4 Å². The first-order chi connectivity index (χ1) is 15.6. The highest BCUT2D eigenvalue weighted by Crippen LogP contribution is 2.19. The first-order valence-corrected chi connectivity index (χ1v) is 10.8. The third kappa shape index (κ3) is 3.99. The molecule has 0 saturated heterocycles. The summed E-state index contributed by atoms with van der Waals surface area (Å²) < 4.78 is 2.84. The Morgan fingerprint density at radius 1 is 0.844 bits per heavy atom. The Balaban J connectivity index is 1.55. The normalized spacial score (nSPS) is 13.2. The lowest BCUT2D eigenvalue weighted by atomic mass is 10.1. The zero-order chi connectivity index (χ0) is 22.1. The molecule has 0 unspecified atom stereocenters. The smallest absolute Gasteiger partial charge is 0.336 e. The van der Waals surface area contributed by atoms with Gasteiger partial charge in [-0.1, -0.05) is 54.6 Å². The maximum absolute atomic E-state index is 13.5. The Labute approximate surface area is 184 Å². The van der Waals surface area contributed by atoms with Crippen LogP contribution < -0.4 is 16.6 Å². The summed E-state index contributed by atoms with van der Waals surface area (Å²) in [4.78, 5) is 38.8. The van der Waals surface area contributed by atoms with Crippen LogP contribution in [0.15, 0.2) is 88.5 Å². The fraction of sp³-hybridized carbons (Fsp3) is 0.192. The number of benzene rings is 3. The zero-order valence-corrected chi connectivity index (χ0v) is 17.5. The van der Waals surface area contributed by atoms with E-state index in [-0.39, 0.29) is 17.9 Å². The van der Waals surface area contributed by atoms with Gasteiger partial charge in [-0.15, -0.1) is 0 Å². The van der Waals surface area contributed by atoms with Gasteiger partial charge >= 0.3 is 5.69 Å². The standard InChI is InChI=1S/C26H23N3O3/c30-24(27-20-12-13-20)16-18-10-14-21(15-11-18)29-25(31)22-8-4-5-9-23(22)28(26(29)32)17-19-6-2-1-3-7-19/h1-11,14-15,20H,12-13,16-17H2,(H,27,30). The highest BCUT2D eigenvalue weighted by molar-refractivity contribution is 5.79. The maximum Gasteiger partial charge on any atom is 0.336 e. The lowest BCUT2D eigenvalue weighted by Crippen LogP contribution is -2.39. The average Bonchev–Trinajstić information content (AvgIpc) is 3.62. The summed E-state index contributed by atoms with van der Waals surface area (Å²) in [7, 11) is 0. The molecule has 32 heavy (non-hydrogen) atoms. The molecule has 0 spiro atoms. The largest absolute Gasteiger partial charge is 0.353 e. The highest BCUT2D eigenvalue weighted by atomic mass is 16.2. The van der Waals surface area contributed by atoms with Crippen LogP contribution in [0.3, 0.4) is 0 Å². The van der Waals surface area contributed by atoms with Gasteiger partial charge in [-0.2, -0.15) is 0 Å². The van der Waals surface area contributed by atoms with Gasteiger partial charge in [0.15, 0.2) is 0 Å². The lowest BCUT2D eigenvalue weighted by molar-refractivity contribution is -0.120. The van der Waals surface area contributed by atoms with Gasteiger partial charge in [0.2, 0.25) is 5.91 Å². The van der Waals surface area contributed by atoms with Crippen LogP contribution in [0.4, 0.5) is 0 Å². The van der Waals surface area contributed by atoms with Crippen LogP contribution in [-0.2, 0) is 17.8 Å². The molecule has 4 aromatic rings. The predicted octanol–water partition coefficient (Wildman–Crippen LogP) is 3.02. The van der Waals surface area contributed by atoms with Crippen LogP contribution in [-0.4, -0.2) is 21.1 Å². The van der Waals surface area contributed by atoms with Crippen molar-refractivity contribution in [1.82, 2.24) is 14.5 Å². The van der Waals surface area contributed by atoms with Crippen molar-refractivity contribution in [3.05, 3.63) is 111 Å². The second-order valence-electron chi connectivity index (χ2n) is 8.20. The Hall–Kier alpha value is -3.93. The van der Waals surface area contributed by atoms with E-state index in [2.05, 4.69) is 5.32 Å². The lowest BCUT2D eigenvalue weighted by Gasteiger charge is -2.14. The number of carbonyl (C=O) groups is 1. The molecular formula is C26H23N3O3. The summed E-state index contributed by atoms with van der Waals surface area (Å²) >= 11 is 0. The number of nitrogens with one attached hydrogen (secondary N) is 1. The molecule has 1 aromatic heterocycles. The molecule has 1 heterocycles. The van der Waals surface area contributed by atoms with Crippen LogP contribution >= 0.6 is 0 Å². The van der Waals surface area contributed by atoms with Gasteiger partial charge in [0.05, 0.1) is 29.6 Å². The molecule has 5 rings (SSSR count). The van der Waals surface area contributed by atoms with Crippen molar-refractivity contribution in [2.24, 2.45) is 0 Å². The van der Waals surface area contributed by atoms with Crippen LogP contribution in [0.2, 0.25) is 0 Å². The monoisotopic (exact) mass is 425 g/mol. The molecule has 1 saturated carbocycles. The number of aromatic nitrogens is 2. The minimum absolute atomic E-state index is 0.00617. The van der Waals surface area contributed by atoms with Crippen LogP contribution in [0.1, 0.15) is 24.0 Å². The number of nitrogens with zero attached hydrogens (tertiary/aromatic N) is 2. The van der Waals surface area contributed by atoms with Gasteiger partial charge in [-0.25, -0.2) is 9.36 Å².